The van der Waals surface area contributed by atoms with Gasteiger partial charge in [-0.05, 0) is 15.9 Å². The zero-order valence-electron chi connectivity index (χ0n) is 5.74. The number of rotatable bonds is 2. The Hall–Kier alpha value is 0.0600. The number of sulfone groups is 1. The van der Waals surface area contributed by atoms with Crippen LogP contribution in [0.3, 0.4) is 0 Å². The van der Waals surface area contributed by atoms with Gasteiger partial charge >= 0.3 is 0 Å². The molecule has 0 atom stereocenters. The highest BCUT2D eigenvalue weighted by molar-refractivity contribution is 9.10. The monoisotopic (exact) mass is 255 g/mol. The topological polar surface area (TPSA) is 47.0 Å². The van der Waals surface area contributed by atoms with Crippen LogP contribution in [0.15, 0.2) is 10.1 Å². The average molecular weight is 256 g/mol. The summed E-state index contributed by atoms with van der Waals surface area (Å²) < 4.78 is 22.3. The van der Waals surface area contributed by atoms with E-state index < -0.39 is 9.84 Å². The SMILES string of the molecule is CS(=O)(=O)Cc1scnc1Br. The van der Waals surface area contributed by atoms with Gasteiger partial charge in [0, 0.05) is 6.26 Å². The maximum Gasteiger partial charge on any atom is 0.152 e. The van der Waals surface area contributed by atoms with Gasteiger partial charge in [0.15, 0.2) is 9.84 Å². The van der Waals surface area contributed by atoms with Gasteiger partial charge in [0.2, 0.25) is 0 Å². The molecule has 0 unspecified atom stereocenters. The minimum atomic E-state index is -2.93. The zero-order chi connectivity index (χ0) is 8.48. The lowest BCUT2D eigenvalue weighted by molar-refractivity contribution is 0.601. The van der Waals surface area contributed by atoms with E-state index in [2.05, 4.69) is 20.9 Å². The molecular weight excluding hydrogens is 250 g/mol. The van der Waals surface area contributed by atoms with E-state index in [0.717, 1.165) is 4.88 Å². The summed E-state index contributed by atoms with van der Waals surface area (Å²) in [6, 6.07) is 0. The van der Waals surface area contributed by atoms with E-state index in [1.807, 2.05) is 0 Å². The Morgan fingerprint density at radius 1 is 1.73 bits per heavy atom. The normalized spacial score (nSPS) is 11.8. The lowest BCUT2D eigenvalue weighted by Crippen LogP contribution is -1.99. The molecular formula is C5H6BrNO2S2. The summed E-state index contributed by atoms with van der Waals surface area (Å²) in [6.45, 7) is 0. The minimum Gasteiger partial charge on any atom is -0.237 e. The molecule has 3 nitrogen and oxygen atoms in total. The number of thiazole rings is 1. The minimum absolute atomic E-state index is 0.0677. The van der Waals surface area contributed by atoms with E-state index in [1.54, 1.807) is 5.51 Å². The van der Waals surface area contributed by atoms with E-state index >= 15 is 0 Å². The third-order valence-electron chi connectivity index (χ3n) is 0.984. The Kier molecular flexibility index (Phi) is 2.66. The van der Waals surface area contributed by atoms with Crippen LogP contribution in [0.4, 0.5) is 0 Å². The molecule has 0 amide bonds. The number of hydrogen-bond donors (Lipinski definition) is 0. The molecule has 0 aromatic carbocycles. The fourth-order valence-corrected chi connectivity index (χ4v) is 3.40. The van der Waals surface area contributed by atoms with Crippen LogP contribution < -0.4 is 0 Å². The van der Waals surface area contributed by atoms with Gasteiger partial charge in [-0.2, -0.15) is 0 Å². The summed E-state index contributed by atoms with van der Waals surface area (Å²) in [5.74, 6) is 0.0677. The summed E-state index contributed by atoms with van der Waals surface area (Å²) >= 11 is 4.49. The third kappa shape index (κ3) is 2.88. The van der Waals surface area contributed by atoms with Crippen LogP contribution in [0.2, 0.25) is 0 Å². The zero-order valence-corrected chi connectivity index (χ0v) is 8.96. The molecule has 0 radical (unpaired) electrons. The summed E-state index contributed by atoms with van der Waals surface area (Å²) in [5, 5.41) is 0. The molecule has 0 aliphatic rings. The molecule has 0 saturated carbocycles. The Morgan fingerprint density at radius 2 is 2.36 bits per heavy atom. The van der Waals surface area contributed by atoms with Crippen molar-refractivity contribution < 1.29 is 8.42 Å². The molecule has 0 fully saturated rings. The van der Waals surface area contributed by atoms with Crippen LogP contribution >= 0.6 is 27.3 Å². The van der Waals surface area contributed by atoms with Crippen molar-refractivity contribution in [1.82, 2.24) is 4.98 Å². The van der Waals surface area contributed by atoms with E-state index in [0.29, 0.717) is 4.60 Å². The van der Waals surface area contributed by atoms with E-state index in [9.17, 15) is 8.42 Å². The molecule has 11 heavy (non-hydrogen) atoms. The maximum absolute atomic E-state index is 10.8. The van der Waals surface area contributed by atoms with Gasteiger partial charge in [-0.1, -0.05) is 0 Å². The summed E-state index contributed by atoms with van der Waals surface area (Å²) in [4.78, 5) is 4.63. The van der Waals surface area contributed by atoms with E-state index in [-0.39, 0.29) is 5.75 Å². The highest BCUT2D eigenvalue weighted by Crippen LogP contribution is 2.20. The standard InChI is InChI=1S/C5H6BrNO2S2/c1-11(8,9)2-4-5(6)7-3-10-4/h3H,2H2,1H3. The molecule has 0 saturated heterocycles. The second kappa shape index (κ2) is 3.20. The quantitative estimate of drug-likeness (QED) is 0.804. The van der Waals surface area contributed by atoms with Gasteiger partial charge in [0.05, 0.1) is 16.1 Å². The van der Waals surface area contributed by atoms with Crippen molar-refractivity contribution >= 4 is 37.1 Å². The number of halogens is 1. The van der Waals surface area contributed by atoms with E-state index in [4.69, 9.17) is 0 Å². The fourth-order valence-electron chi connectivity index (χ4n) is 0.589. The Balaban J connectivity index is 2.89. The van der Waals surface area contributed by atoms with Crippen LogP contribution in [-0.4, -0.2) is 19.7 Å². The molecule has 1 rings (SSSR count). The molecule has 0 aliphatic heterocycles. The highest BCUT2D eigenvalue weighted by Gasteiger charge is 2.09. The molecule has 1 aromatic rings. The second-order valence-electron chi connectivity index (χ2n) is 2.14. The van der Waals surface area contributed by atoms with Crippen LogP contribution in [0, 0.1) is 0 Å². The van der Waals surface area contributed by atoms with Crippen molar-refractivity contribution in [1.29, 1.82) is 0 Å². The first-order chi connectivity index (χ1) is 4.99. The third-order valence-corrected chi connectivity index (χ3v) is 3.76. The smallest absolute Gasteiger partial charge is 0.152 e. The van der Waals surface area contributed by atoms with Gasteiger partial charge in [-0.15, -0.1) is 11.3 Å². The van der Waals surface area contributed by atoms with Gasteiger partial charge in [0.1, 0.15) is 4.60 Å². The molecule has 0 bridgehead atoms. The molecule has 0 spiro atoms. The largest absolute Gasteiger partial charge is 0.237 e. The first kappa shape index (κ1) is 9.15. The Labute approximate surface area is 77.5 Å². The summed E-state index contributed by atoms with van der Waals surface area (Å²) in [5.41, 5.74) is 1.62. The Bertz CT molecular complexity index is 343. The molecule has 1 heterocycles. The predicted octanol–water partition coefficient (Wildman–Crippen LogP) is 1.45. The average Bonchev–Trinajstić information content (AvgIpc) is 2.12. The van der Waals surface area contributed by atoms with Crippen LogP contribution in [-0.2, 0) is 15.6 Å². The number of hydrogen-bond acceptors (Lipinski definition) is 4. The first-order valence-electron chi connectivity index (χ1n) is 2.74. The van der Waals surface area contributed by atoms with Crippen molar-refractivity contribution in [2.24, 2.45) is 0 Å². The van der Waals surface area contributed by atoms with Crippen molar-refractivity contribution in [3.63, 3.8) is 0 Å². The number of aromatic nitrogens is 1. The molecule has 0 aliphatic carbocycles. The highest BCUT2D eigenvalue weighted by atomic mass is 79.9. The summed E-state index contributed by atoms with van der Waals surface area (Å²) in [6.07, 6.45) is 1.21. The van der Waals surface area contributed by atoms with Crippen molar-refractivity contribution in [2.75, 3.05) is 6.26 Å². The fraction of sp³-hybridized carbons (Fsp3) is 0.400. The van der Waals surface area contributed by atoms with Gasteiger partial charge < -0.3 is 0 Å². The van der Waals surface area contributed by atoms with Crippen molar-refractivity contribution in [3.05, 3.63) is 15.0 Å². The molecule has 1 aromatic heterocycles. The molecule has 6 heteroatoms. The second-order valence-corrected chi connectivity index (χ2v) is 5.97. The van der Waals surface area contributed by atoms with E-state index in [1.165, 1.54) is 17.6 Å². The van der Waals surface area contributed by atoms with Gasteiger partial charge in [-0.3, -0.25) is 0 Å². The first-order valence-corrected chi connectivity index (χ1v) is 6.48. The van der Waals surface area contributed by atoms with Crippen molar-refractivity contribution in [2.45, 2.75) is 5.75 Å². The maximum atomic E-state index is 10.8. The van der Waals surface area contributed by atoms with Crippen LogP contribution in [0.25, 0.3) is 0 Å². The number of nitrogens with zero attached hydrogens (tertiary/aromatic N) is 1. The lowest BCUT2D eigenvalue weighted by atomic mass is 10.6. The van der Waals surface area contributed by atoms with Crippen LogP contribution in [0.5, 0.6) is 0 Å². The van der Waals surface area contributed by atoms with Crippen LogP contribution in [0.1, 0.15) is 4.88 Å². The lowest BCUT2D eigenvalue weighted by Gasteiger charge is -1.92. The molecule has 0 N–H and O–H groups in total. The van der Waals surface area contributed by atoms with Crippen molar-refractivity contribution in [3.8, 4) is 0 Å². The van der Waals surface area contributed by atoms with Gasteiger partial charge in [-0.25, -0.2) is 13.4 Å². The summed E-state index contributed by atoms with van der Waals surface area (Å²) in [7, 11) is -2.93. The Morgan fingerprint density at radius 3 is 2.73 bits per heavy atom. The van der Waals surface area contributed by atoms with Gasteiger partial charge in [0.25, 0.3) is 0 Å². The molecule has 62 valence electrons. The predicted molar refractivity (Wildman–Crippen MR) is 48.4 cm³/mol.